The van der Waals surface area contributed by atoms with Gasteiger partial charge in [-0.15, -0.1) is 0 Å². The Labute approximate surface area is 111 Å². The fourth-order valence-corrected chi connectivity index (χ4v) is 3.04. The van der Waals surface area contributed by atoms with E-state index in [-0.39, 0.29) is 0 Å². The minimum atomic E-state index is 0.529. The van der Waals surface area contributed by atoms with Crippen LogP contribution in [0.1, 0.15) is 42.0 Å². The van der Waals surface area contributed by atoms with Gasteiger partial charge in [-0.25, -0.2) is 0 Å². The van der Waals surface area contributed by atoms with E-state index >= 15 is 0 Å². The van der Waals surface area contributed by atoms with Crippen LogP contribution in [0.3, 0.4) is 0 Å². The number of benzene rings is 1. The molecule has 1 aromatic carbocycles. The quantitative estimate of drug-likeness (QED) is 0.878. The molecule has 0 saturated carbocycles. The normalized spacial score (nSPS) is 21.5. The average Bonchev–Trinajstić information content (AvgIpc) is 2.79. The predicted octanol–water partition coefficient (Wildman–Crippen LogP) is 3.05. The molecule has 1 aromatic rings. The maximum absolute atomic E-state index is 3.62. The number of hydrogen-bond donors (Lipinski definition) is 1. The zero-order chi connectivity index (χ0) is 13.1. The third kappa shape index (κ3) is 3.12. The molecule has 2 rings (SSSR count). The molecule has 1 N–H and O–H groups in total. The van der Waals surface area contributed by atoms with Crippen LogP contribution in [0.15, 0.2) is 18.2 Å². The minimum Gasteiger partial charge on any atom is -0.314 e. The molecule has 1 aliphatic heterocycles. The first-order valence-corrected chi connectivity index (χ1v) is 7.05. The zero-order valence-corrected chi connectivity index (χ0v) is 12.2. The molecule has 2 heteroatoms. The molecule has 0 aromatic heterocycles. The maximum atomic E-state index is 3.62. The lowest BCUT2D eigenvalue weighted by Crippen LogP contribution is -2.30. The number of nitrogens with one attached hydrogen (secondary N) is 1. The van der Waals surface area contributed by atoms with Gasteiger partial charge in [0.2, 0.25) is 0 Å². The fraction of sp³-hybridized carbons (Fsp3) is 0.625. The first-order valence-electron chi connectivity index (χ1n) is 7.05. The molecule has 0 aliphatic carbocycles. The van der Waals surface area contributed by atoms with E-state index in [1.165, 1.54) is 42.5 Å². The highest BCUT2D eigenvalue weighted by atomic mass is 15.1. The van der Waals surface area contributed by atoms with E-state index in [0.29, 0.717) is 12.1 Å². The van der Waals surface area contributed by atoms with Crippen molar-refractivity contribution in [1.29, 1.82) is 0 Å². The number of aryl methyl sites for hydroxylation is 2. The van der Waals surface area contributed by atoms with Gasteiger partial charge in [-0.2, -0.15) is 0 Å². The van der Waals surface area contributed by atoms with Crippen molar-refractivity contribution in [2.24, 2.45) is 0 Å². The summed E-state index contributed by atoms with van der Waals surface area (Å²) in [5.74, 6) is 0. The standard InChI is InChI=1S/C16H26N2/c1-12-7-8-15(13(2)10-12)16(18(3)4)11-14-6-5-9-17-14/h7-8,10,14,16-17H,5-6,9,11H2,1-4H3. The molecule has 18 heavy (non-hydrogen) atoms. The van der Waals surface area contributed by atoms with Crippen molar-refractivity contribution < 1.29 is 0 Å². The maximum Gasteiger partial charge on any atom is 0.0359 e. The molecule has 2 atom stereocenters. The van der Waals surface area contributed by atoms with Gasteiger partial charge >= 0.3 is 0 Å². The van der Waals surface area contributed by atoms with Gasteiger partial charge in [-0.3, -0.25) is 0 Å². The van der Waals surface area contributed by atoms with E-state index in [2.05, 4.69) is 56.4 Å². The van der Waals surface area contributed by atoms with E-state index in [0.717, 1.165) is 0 Å². The molecule has 0 bridgehead atoms. The lowest BCUT2D eigenvalue weighted by atomic mass is 9.93. The number of rotatable bonds is 4. The molecule has 1 aliphatic rings. The van der Waals surface area contributed by atoms with Gasteiger partial charge < -0.3 is 10.2 Å². The van der Waals surface area contributed by atoms with Gasteiger partial charge in [-0.05, 0) is 64.9 Å². The fourth-order valence-electron chi connectivity index (χ4n) is 3.04. The lowest BCUT2D eigenvalue weighted by molar-refractivity contribution is 0.262. The van der Waals surface area contributed by atoms with Crippen molar-refractivity contribution in [2.75, 3.05) is 20.6 Å². The molecule has 1 fully saturated rings. The summed E-state index contributed by atoms with van der Waals surface area (Å²) in [6.07, 6.45) is 3.88. The minimum absolute atomic E-state index is 0.529. The second kappa shape index (κ2) is 5.85. The van der Waals surface area contributed by atoms with Gasteiger partial charge in [0.1, 0.15) is 0 Å². The third-order valence-electron chi connectivity index (χ3n) is 4.08. The van der Waals surface area contributed by atoms with Crippen LogP contribution >= 0.6 is 0 Å². The smallest absolute Gasteiger partial charge is 0.0359 e. The van der Waals surface area contributed by atoms with Crippen LogP contribution in [0.25, 0.3) is 0 Å². The van der Waals surface area contributed by atoms with Gasteiger partial charge in [0.25, 0.3) is 0 Å². The summed E-state index contributed by atoms with van der Waals surface area (Å²) in [4.78, 5) is 2.36. The monoisotopic (exact) mass is 246 g/mol. The van der Waals surface area contributed by atoms with Crippen LogP contribution in [0.2, 0.25) is 0 Å². The van der Waals surface area contributed by atoms with Crippen molar-refractivity contribution in [3.63, 3.8) is 0 Å². The Morgan fingerprint density at radius 2 is 2.11 bits per heavy atom. The van der Waals surface area contributed by atoms with Gasteiger partial charge in [0.15, 0.2) is 0 Å². The van der Waals surface area contributed by atoms with E-state index < -0.39 is 0 Å². The highest BCUT2D eigenvalue weighted by Gasteiger charge is 2.23. The SMILES string of the molecule is Cc1ccc(C(CC2CCCN2)N(C)C)c(C)c1. The molecule has 0 spiro atoms. The highest BCUT2D eigenvalue weighted by molar-refractivity contribution is 5.33. The largest absolute Gasteiger partial charge is 0.314 e. The highest BCUT2D eigenvalue weighted by Crippen LogP contribution is 2.29. The molecule has 2 unspecified atom stereocenters. The van der Waals surface area contributed by atoms with Gasteiger partial charge in [0.05, 0.1) is 0 Å². The van der Waals surface area contributed by atoms with Crippen molar-refractivity contribution in [1.82, 2.24) is 10.2 Å². The van der Waals surface area contributed by atoms with Crippen molar-refractivity contribution >= 4 is 0 Å². The Morgan fingerprint density at radius 3 is 2.67 bits per heavy atom. The van der Waals surface area contributed by atoms with E-state index in [1.54, 1.807) is 0 Å². The summed E-state index contributed by atoms with van der Waals surface area (Å²) < 4.78 is 0. The Bertz CT molecular complexity index is 392. The molecular weight excluding hydrogens is 220 g/mol. The van der Waals surface area contributed by atoms with Crippen molar-refractivity contribution in [3.05, 3.63) is 34.9 Å². The van der Waals surface area contributed by atoms with E-state index in [1.807, 2.05) is 0 Å². The Hall–Kier alpha value is -0.860. The molecule has 1 heterocycles. The van der Waals surface area contributed by atoms with Crippen LogP contribution in [-0.4, -0.2) is 31.6 Å². The number of hydrogen-bond acceptors (Lipinski definition) is 2. The second-order valence-corrected chi connectivity index (χ2v) is 5.87. The summed E-state index contributed by atoms with van der Waals surface area (Å²) >= 11 is 0. The van der Waals surface area contributed by atoms with Crippen LogP contribution in [0.4, 0.5) is 0 Å². The molecule has 100 valence electrons. The Kier molecular flexibility index (Phi) is 4.41. The predicted molar refractivity (Wildman–Crippen MR) is 78.0 cm³/mol. The third-order valence-corrected chi connectivity index (χ3v) is 4.08. The van der Waals surface area contributed by atoms with Crippen LogP contribution in [0, 0.1) is 13.8 Å². The summed E-state index contributed by atoms with van der Waals surface area (Å²) in [5, 5.41) is 3.62. The second-order valence-electron chi connectivity index (χ2n) is 5.87. The number of nitrogens with zero attached hydrogens (tertiary/aromatic N) is 1. The van der Waals surface area contributed by atoms with Gasteiger partial charge in [-0.1, -0.05) is 23.8 Å². The van der Waals surface area contributed by atoms with Crippen molar-refractivity contribution in [2.45, 2.75) is 45.2 Å². The summed E-state index contributed by atoms with van der Waals surface area (Å²) in [5.41, 5.74) is 4.26. The Balaban J connectivity index is 2.17. The lowest BCUT2D eigenvalue weighted by Gasteiger charge is -2.29. The summed E-state index contributed by atoms with van der Waals surface area (Å²) in [6.45, 7) is 5.60. The van der Waals surface area contributed by atoms with Gasteiger partial charge in [0, 0.05) is 12.1 Å². The van der Waals surface area contributed by atoms with Crippen molar-refractivity contribution in [3.8, 4) is 0 Å². The topological polar surface area (TPSA) is 15.3 Å². The first-order chi connectivity index (χ1) is 8.58. The Morgan fingerprint density at radius 1 is 1.33 bits per heavy atom. The zero-order valence-electron chi connectivity index (χ0n) is 12.2. The van der Waals surface area contributed by atoms with Crippen LogP contribution in [0.5, 0.6) is 0 Å². The molecular formula is C16H26N2. The summed E-state index contributed by atoms with van der Waals surface area (Å²) in [6, 6.07) is 8.07. The van der Waals surface area contributed by atoms with Crippen LogP contribution < -0.4 is 5.32 Å². The first kappa shape index (κ1) is 13.6. The average molecular weight is 246 g/mol. The summed E-state index contributed by atoms with van der Waals surface area (Å²) in [7, 11) is 4.39. The molecule has 0 amide bonds. The molecule has 2 nitrogen and oxygen atoms in total. The van der Waals surface area contributed by atoms with E-state index in [9.17, 15) is 0 Å². The molecule has 1 saturated heterocycles. The molecule has 0 radical (unpaired) electrons. The van der Waals surface area contributed by atoms with E-state index in [4.69, 9.17) is 0 Å². The van der Waals surface area contributed by atoms with Crippen LogP contribution in [-0.2, 0) is 0 Å².